The van der Waals surface area contributed by atoms with Gasteiger partial charge in [-0.1, -0.05) is 23.7 Å². The Bertz CT molecular complexity index is 634. The Morgan fingerprint density at radius 1 is 1.40 bits per heavy atom. The van der Waals surface area contributed by atoms with Crippen LogP contribution in [0.1, 0.15) is 23.5 Å². The zero-order chi connectivity index (χ0) is 14.1. The quantitative estimate of drug-likeness (QED) is 0.946. The molecule has 20 heavy (non-hydrogen) atoms. The van der Waals surface area contributed by atoms with Gasteiger partial charge in [0.25, 0.3) is 0 Å². The van der Waals surface area contributed by atoms with Crippen molar-refractivity contribution in [3.8, 4) is 0 Å². The predicted molar refractivity (Wildman–Crippen MR) is 75.9 cm³/mol. The van der Waals surface area contributed by atoms with E-state index in [4.69, 9.17) is 16.7 Å². The van der Waals surface area contributed by atoms with E-state index >= 15 is 0 Å². The molecular weight excluding hydrogens is 276 g/mol. The number of fused-ring (bicyclic) bond motifs is 1. The summed E-state index contributed by atoms with van der Waals surface area (Å²) in [5.74, 6) is 0.00504. The fraction of sp³-hybridized carbons (Fsp3) is 0.333. The number of aliphatic carboxylic acids is 1. The number of hydrogen-bond donors (Lipinski definition) is 1. The predicted octanol–water partition coefficient (Wildman–Crippen LogP) is 2.77. The van der Waals surface area contributed by atoms with Crippen LogP contribution in [0.5, 0.6) is 0 Å². The zero-order valence-corrected chi connectivity index (χ0v) is 11.7. The van der Waals surface area contributed by atoms with E-state index in [1.807, 2.05) is 24.3 Å². The fourth-order valence-electron chi connectivity index (χ4n) is 2.67. The van der Waals surface area contributed by atoms with Crippen LogP contribution in [0, 0.1) is 5.92 Å². The van der Waals surface area contributed by atoms with Crippen molar-refractivity contribution >= 4 is 17.6 Å². The molecule has 1 unspecified atom stereocenters. The number of benzene rings is 1. The van der Waals surface area contributed by atoms with Crippen molar-refractivity contribution in [2.24, 2.45) is 5.92 Å². The van der Waals surface area contributed by atoms with Gasteiger partial charge >= 0.3 is 5.97 Å². The Hall–Kier alpha value is -1.81. The van der Waals surface area contributed by atoms with Gasteiger partial charge in [-0.05, 0) is 24.1 Å². The molecule has 104 valence electrons. The van der Waals surface area contributed by atoms with Gasteiger partial charge in [-0.2, -0.15) is 0 Å². The molecular formula is C15H15ClN2O2. The van der Waals surface area contributed by atoms with Crippen molar-refractivity contribution in [3.05, 3.63) is 52.6 Å². The van der Waals surface area contributed by atoms with Gasteiger partial charge in [0, 0.05) is 36.3 Å². The summed E-state index contributed by atoms with van der Waals surface area (Å²) in [7, 11) is 0. The maximum Gasteiger partial charge on any atom is 0.306 e. The Morgan fingerprint density at radius 3 is 2.85 bits per heavy atom. The van der Waals surface area contributed by atoms with Crippen molar-refractivity contribution < 1.29 is 9.90 Å². The number of carboxylic acid groups (broad SMARTS) is 1. The van der Waals surface area contributed by atoms with Crippen molar-refractivity contribution in [2.45, 2.75) is 25.8 Å². The van der Waals surface area contributed by atoms with Crippen molar-refractivity contribution in [1.82, 2.24) is 9.55 Å². The van der Waals surface area contributed by atoms with Crippen LogP contribution in [-0.2, 0) is 24.2 Å². The first-order valence-electron chi connectivity index (χ1n) is 6.64. The molecule has 1 aromatic carbocycles. The van der Waals surface area contributed by atoms with Gasteiger partial charge in [-0.25, -0.2) is 4.98 Å². The molecule has 1 aromatic heterocycles. The third-order valence-electron chi connectivity index (χ3n) is 3.80. The summed E-state index contributed by atoms with van der Waals surface area (Å²) in [6.07, 6.45) is 3.80. The van der Waals surface area contributed by atoms with Crippen LogP contribution in [0.25, 0.3) is 0 Å². The zero-order valence-electron chi connectivity index (χ0n) is 10.9. The average molecular weight is 291 g/mol. The highest BCUT2D eigenvalue weighted by molar-refractivity contribution is 6.30. The molecule has 0 amide bonds. The lowest BCUT2D eigenvalue weighted by atomic mass is 9.96. The van der Waals surface area contributed by atoms with Crippen molar-refractivity contribution in [2.75, 3.05) is 0 Å². The third-order valence-corrected chi connectivity index (χ3v) is 4.05. The van der Waals surface area contributed by atoms with Crippen LogP contribution in [0.3, 0.4) is 0 Å². The first-order chi connectivity index (χ1) is 9.63. The number of aromatic nitrogens is 2. The summed E-state index contributed by atoms with van der Waals surface area (Å²) in [5, 5.41) is 9.81. The van der Waals surface area contributed by atoms with Gasteiger partial charge in [0.05, 0.1) is 5.92 Å². The molecule has 0 bridgehead atoms. The summed E-state index contributed by atoms with van der Waals surface area (Å²) in [6.45, 7) is 0.731. The molecule has 1 aliphatic heterocycles. The van der Waals surface area contributed by atoms with E-state index in [1.54, 1.807) is 6.20 Å². The number of nitrogens with zero attached hydrogens (tertiary/aromatic N) is 2. The minimum absolute atomic E-state index is 0.275. The molecule has 4 nitrogen and oxygen atoms in total. The summed E-state index contributed by atoms with van der Waals surface area (Å²) >= 11 is 5.88. The molecule has 5 heteroatoms. The van der Waals surface area contributed by atoms with Gasteiger partial charge in [0.15, 0.2) is 0 Å². The molecule has 1 aliphatic rings. The van der Waals surface area contributed by atoms with E-state index in [1.165, 1.54) is 0 Å². The number of hydrogen-bond acceptors (Lipinski definition) is 2. The lowest BCUT2D eigenvalue weighted by Crippen LogP contribution is -2.26. The summed E-state index contributed by atoms with van der Waals surface area (Å²) in [4.78, 5) is 15.5. The minimum atomic E-state index is -0.711. The van der Waals surface area contributed by atoms with Crippen molar-refractivity contribution in [1.29, 1.82) is 0 Å². The molecule has 0 saturated carbocycles. The van der Waals surface area contributed by atoms with Crippen LogP contribution in [0.15, 0.2) is 30.5 Å². The van der Waals surface area contributed by atoms with Gasteiger partial charge < -0.3 is 9.67 Å². The molecule has 0 saturated heterocycles. The second-order valence-corrected chi connectivity index (χ2v) is 5.59. The summed E-state index contributed by atoms with van der Waals surface area (Å²) in [5.41, 5.74) is 2.18. The Labute approximate surface area is 122 Å². The summed E-state index contributed by atoms with van der Waals surface area (Å²) < 4.78 is 2.15. The van der Waals surface area contributed by atoms with Crippen LogP contribution in [0.2, 0.25) is 5.02 Å². The molecule has 0 fully saturated rings. The molecule has 2 aromatic rings. The molecule has 1 atom stereocenters. The topological polar surface area (TPSA) is 55.1 Å². The number of carbonyl (C=O) groups is 1. The van der Waals surface area contributed by atoms with Crippen LogP contribution in [-0.4, -0.2) is 20.6 Å². The smallest absolute Gasteiger partial charge is 0.306 e. The van der Waals surface area contributed by atoms with Crippen LogP contribution < -0.4 is 0 Å². The largest absolute Gasteiger partial charge is 0.481 e. The number of rotatable bonds is 3. The standard InChI is InChI=1S/C15H15ClN2O2/c16-12-3-1-10(2-4-12)7-14-17-9-13-8-11(15(19)20)5-6-18(13)14/h1-4,9,11H,5-8H2,(H,19,20). The monoisotopic (exact) mass is 290 g/mol. The molecule has 0 radical (unpaired) electrons. The van der Waals surface area contributed by atoms with Gasteiger partial charge in [-0.15, -0.1) is 0 Å². The highest BCUT2D eigenvalue weighted by atomic mass is 35.5. The van der Waals surface area contributed by atoms with E-state index in [0.717, 1.165) is 35.1 Å². The van der Waals surface area contributed by atoms with E-state index in [2.05, 4.69) is 9.55 Å². The maximum atomic E-state index is 11.1. The highest BCUT2D eigenvalue weighted by Gasteiger charge is 2.26. The number of imidazole rings is 1. The Morgan fingerprint density at radius 2 is 2.15 bits per heavy atom. The fourth-order valence-corrected chi connectivity index (χ4v) is 2.79. The van der Waals surface area contributed by atoms with Gasteiger partial charge in [-0.3, -0.25) is 4.79 Å². The average Bonchev–Trinajstić information content (AvgIpc) is 2.84. The lowest BCUT2D eigenvalue weighted by molar-refractivity contribution is -0.142. The molecule has 0 aliphatic carbocycles. The van der Waals surface area contributed by atoms with Gasteiger partial charge in [0.1, 0.15) is 5.82 Å². The normalized spacial score (nSPS) is 17.8. The third kappa shape index (κ3) is 2.56. The van der Waals surface area contributed by atoms with Crippen LogP contribution >= 0.6 is 11.6 Å². The molecule has 2 heterocycles. The first kappa shape index (κ1) is 13.2. The van der Waals surface area contributed by atoms with Gasteiger partial charge in [0.2, 0.25) is 0 Å². The van der Waals surface area contributed by atoms with E-state index < -0.39 is 5.97 Å². The molecule has 1 N–H and O–H groups in total. The second kappa shape index (κ2) is 5.29. The Balaban J connectivity index is 1.80. The lowest BCUT2D eigenvalue weighted by Gasteiger charge is -2.22. The first-order valence-corrected chi connectivity index (χ1v) is 7.02. The van der Waals surface area contributed by atoms with E-state index in [0.29, 0.717) is 12.8 Å². The maximum absolute atomic E-state index is 11.1. The van der Waals surface area contributed by atoms with Crippen molar-refractivity contribution in [3.63, 3.8) is 0 Å². The molecule has 0 spiro atoms. The number of halogens is 1. The van der Waals surface area contributed by atoms with E-state index in [-0.39, 0.29) is 5.92 Å². The highest BCUT2D eigenvalue weighted by Crippen LogP contribution is 2.23. The minimum Gasteiger partial charge on any atom is -0.481 e. The Kier molecular flexibility index (Phi) is 3.49. The summed E-state index contributed by atoms with van der Waals surface area (Å²) in [6, 6.07) is 7.73. The van der Waals surface area contributed by atoms with E-state index in [9.17, 15) is 4.79 Å². The van der Waals surface area contributed by atoms with Crippen LogP contribution in [0.4, 0.5) is 0 Å². The number of carboxylic acids is 1. The SMILES string of the molecule is O=C(O)C1CCn2c(cnc2Cc2ccc(Cl)cc2)C1. The molecule has 3 rings (SSSR count). The second-order valence-electron chi connectivity index (χ2n) is 5.15.